The average Bonchev–Trinajstić information content (AvgIpc) is 3.36. The number of hydrogen-bond acceptors (Lipinski definition) is 5. The first-order chi connectivity index (χ1) is 16.3. The number of fused-ring (bicyclic) bond motifs is 1. The van der Waals surface area contributed by atoms with Crippen LogP contribution in [0.25, 0.3) is 0 Å². The molecule has 0 radical (unpaired) electrons. The Hall–Kier alpha value is -2.46. The van der Waals surface area contributed by atoms with Gasteiger partial charge in [-0.15, -0.1) is 0 Å². The Bertz CT molecular complexity index is 1260. The van der Waals surface area contributed by atoms with Crippen LogP contribution in [0.5, 0.6) is 5.75 Å². The predicted octanol–water partition coefficient (Wildman–Crippen LogP) is 3.29. The molecule has 182 valence electrons. The fourth-order valence-electron chi connectivity index (χ4n) is 4.53. The Kier molecular flexibility index (Phi) is 7.57. The SMILES string of the molecule is CNCC1Cc2cc(F)c(OCCNS(=O)(=O)c3cn(C)cn3)cc2C1Cc1cccc(Cl)c1. The summed E-state index contributed by atoms with van der Waals surface area (Å²) in [5.74, 6) is 0.181. The van der Waals surface area contributed by atoms with E-state index in [1.807, 2.05) is 25.2 Å². The van der Waals surface area contributed by atoms with Crippen LogP contribution < -0.4 is 14.8 Å². The highest BCUT2D eigenvalue weighted by molar-refractivity contribution is 7.89. The first-order valence-electron chi connectivity index (χ1n) is 11.1. The maximum atomic E-state index is 14.8. The monoisotopic (exact) mass is 506 g/mol. The lowest BCUT2D eigenvalue weighted by Crippen LogP contribution is -2.28. The van der Waals surface area contributed by atoms with Crippen molar-refractivity contribution in [3.05, 3.63) is 76.5 Å². The zero-order valence-electron chi connectivity index (χ0n) is 19.1. The van der Waals surface area contributed by atoms with Gasteiger partial charge in [0.25, 0.3) is 10.0 Å². The number of imidazole rings is 1. The summed E-state index contributed by atoms with van der Waals surface area (Å²) in [5.41, 5.74) is 3.17. The van der Waals surface area contributed by atoms with Gasteiger partial charge < -0.3 is 14.6 Å². The maximum absolute atomic E-state index is 14.8. The molecule has 1 aliphatic carbocycles. The van der Waals surface area contributed by atoms with Gasteiger partial charge in [0.1, 0.15) is 6.61 Å². The van der Waals surface area contributed by atoms with Crippen molar-refractivity contribution in [3.8, 4) is 5.75 Å². The summed E-state index contributed by atoms with van der Waals surface area (Å²) in [6, 6.07) is 11.1. The number of aromatic nitrogens is 2. The molecule has 1 aliphatic rings. The lowest BCUT2D eigenvalue weighted by Gasteiger charge is -2.21. The van der Waals surface area contributed by atoms with Crippen molar-refractivity contribution in [2.24, 2.45) is 13.0 Å². The highest BCUT2D eigenvalue weighted by Crippen LogP contribution is 2.42. The van der Waals surface area contributed by atoms with E-state index in [4.69, 9.17) is 16.3 Å². The van der Waals surface area contributed by atoms with Crippen molar-refractivity contribution in [1.82, 2.24) is 19.6 Å². The minimum atomic E-state index is -3.75. The summed E-state index contributed by atoms with van der Waals surface area (Å²) in [5, 5.41) is 3.87. The maximum Gasteiger partial charge on any atom is 0.259 e. The molecular formula is C24H28ClFN4O3S. The quantitative estimate of drug-likeness (QED) is 0.412. The van der Waals surface area contributed by atoms with Crippen molar-refractivity contribution in [3.63, 3.8) is 0 Å². The number of benzene rings is 2. The van der Waals surface area contributed by atoms with Crippen LogP contribution in [0.3, 0.4) is 0 Å². The van der Waals surface area contributed by atoms with E-state index in [-0.39, 0.29) is 29.8 Å². The van der Waals surface area contributed by atoms with Crippen molar-refractivity contribution < 1.29 is 17.5 Å². The van der Waals surface area contributed by atoms with Crippen molar-refractivity contribution in [2.45, 2.75) is 23.8 Å². The zero-order chi connectivity index (χ0) is 24.3. The summed E-state index contributed by atoms with van der Waals surface area (Å²) in [7, 11) is -0.143. The molecule has 7 nitrogen and oxygen atoms in total. The molecule has 0 bridgehead atoms. The van der Waals surface area contributed by atoms with E-state index in [9.17, 15) is 12.8 Å². The van der Waals surface area contributed by atoms with Crippen LogP contribution in [0.2, 0.25) is 5.02 Å². The summed E-state index contributed by atoms with van der Waals surface area (Å²) in [6.45, 7) is 0.789. The van der Waals surface area contributed by atoms with E-state index < -0.39 is 15.8 Å². The van der Waals surface area contributed by atoms with Crippen LogP contribution in [0.15, 0.2) is 53.9 Å². The Morgan fingerprint density at radius 2 is 2.12 bits per heavy atom. The van der Waals surface area contributed by atoms with E-state index in [0.29, 0.717) is 10.9 Å². The molecule has 0 amide bonds. The Balaban J connectivity index is 1.46. The molecule has 2 aromatic carbocycles. The van der Waals surface area contributed by atoms with Gasteiger partial charge in [-0.05, 0) is 79.2 Å². The van der Waals surface area contributed by atoms with Crippen LogP contribution in [0.1, 0.15) is 22.6 Å². The molecule has 4 rings (SSSR count). The van der Waals surface area contributed by atoms with Gasteiger partial charge in [-0.2, -0.15) is 0 Å². The lowest BCUT2D eigenvalue weighted by atomic mass is 9.86. The summed E-state index contributed by atoms with van der Waals surface area (Å²) in [6.07, 6.45) is 4.38. The van der Waals surface area contributed by atoms with Crippen molar-refractivity contribution in [1.29, 1.82) is 0 Å². The van der Waals surface area contributed by atoms with E-state index in [0.717, 1.165) is 36.1 Å². The third-order valence-electron chi connectivity index (χ3n) is 6.06. The number of rotatable bonds is 10. The second-order valence-electron chi connectivity index (χ2n) is 8.57. The van der Waals surface area contributed by atoms with E-state index in [2.05, 4.69) is 21.1 Å². The summed E-state index contributed by atoms with van der Waals surface area (Å²) >= 11 is 6.18. The van der Waals surface area contributed by atoms with Crippen LogP contribution in [-0.4, -0.2) is 44.7 Å². The van der Waals surface area contributed by atoms with Gasteiger partial charge in [-0.25, -0.2) is 22.5 Å². The number of nitrogens with one attached hydrogen (secondary N) is 2. The van der Waals surface area contributed by atoms with E-state index in [1.165, 1.54) is 12.5 Å². The topological polar surface area (TPSA) is 85.3 Å². The van der Waals surface area contributed by atoms with Gasteiger partial charge >= 0.3 is 0 Å². The predicted molar refractivity (Wildman–Crippen MR) is 129 cm³/mol. The zero-order valence-corrected chi connectivity index (χ0v) is 20.7. The molecule has 0 fully saturated rings. The lowest BCUT2D eigenvalue weighted by molar-refractivity contribution is 0.305. The van der Waals surface area contributed by atoms with Gasteiger partial charge in [-0.3, -0.25) is 0 Å². The van der Waals surface area contributed by atoms with Crippen molar-refractivity contribution in [2.75, 3.05) is 26.7 Å². The molecule has 0 saturated heterocycles. The molecule has 34 heavy (non-hydrogen) atoms. The van der Waals surface area contributed by atoms with Gasteiger partial charge in [0.15, 0.2) is 16.6 Å². The van der Waals surface area contributed by atoms with Gasteiger partial charge in [0.2, 0.25) is 0 Å². The smallest absolute Gasteiger partial charge is 0.259 e. The highest BCUT2D eigenvalue weighted by atomic mass is 35.5. The molecular weight excluding hydrogens is 479 g/mol. The largest absolute Gasteiger partial charge is 0.489 e. The average molecular weight is 507 g/mol. The Morgan fingerprint density at radius 3 is 2.82 bits per heavy atom. The van der Waals surface area contributed by atoms with Crippen LogP contribution >= 0.6 is 11.6 Å². The molecule has 0 spiro atoms. The molecule has 0 aliphatic heterocycles. The third-order valence-corrected chi connectivity index (χ3v) is 7.64. The van der Waals surface area contributed by atoms with Crippen LogP contribution in [-0.2, 0) is 29.9 Å². The fraction of sp³-hybridized carbons (Fsp3) is 0.375. The second kappa shape index (κ2) is 10.4. The fourth-order valence-corrected chi connectivity index (χ4v) is 5.73. The minimum absolute atomic E-state index is 0.0102. The Morgan fingerprint density at radius 1 is 1.29 bits per heavy atom. The number of halogens is 2. The number of ether oxygens (including phenoxy) is 1. The van der Waals surface area contributed by atoms with Crippen LogP contribution in [0, 0.1) is 11.7 Å². The molecule has 2 N–H and O–H groups in total. The molecule has 1 heterocycles. The molecule has 0 saturated carbocycles. The van der Waals surface area contributed by atoms with Crippen molar-refractivity contribution >= 4 is 21.6 Å². The van der Waals surface area contributed by atoms with Gasteiger partial charge in [-0.1, -0.05) is 23.7 Å². The molecule has 2 unspecified atom stereocenters. The summed E-state index contributed by atoms with van der Waals surface area (Å²) in [4.78, 5) is 3.85. The highest BCUT2D eigenvalue weighted by Gasteiger charge is 2.33. The first kappa shape index (κ1) is 24.7. The second-order valence-corrected chi connectivity index (χ2v) is 10.7. The molecule has 2 atom stereocenters. The van der Waals surface area contributed by atoms with E-state index >= 15 is 0 Å². The third kappa shape index (κ3) is 5.60. The minimum Gasteiger partial charge on any atom is -0.489 e. The number of nitrogens with zero attached hydrogens (tertiary/aromatic N) is 2. The van der Waals surface area contributed by atoms with E-state index in [1.54, 1.807) is 23.7 Å². The standard InChI is InChI=1S/C24H28ClFN4O3S/c1-27-13-18-10-17-11-22(26)23(12-21(17)20(18)9-16-4-3-5-19(25)8-16)33-7-6-29-34(31,32)24-14-30(2)15-28-24/h3-5,8,11-12,14-15,18,20,27,29H,6-7,9-10,13H2,1-2H3. The molecule has 10 heteroatoms. The van der Waals surface area contributed by atoms with Gasteiger partial charge in [0.05, 0.1) is 6.33 Å². The first-order valence-corrected chi connectivity index (χ1v) is 12.9. The number of hydrogen-bond donors (Lipinski definition) is 2. The van der Waals surface area contributed by atoms with Crippen LogP contribution in [0.4, 0.5) is 4.39 Å². The number of sulfonamides is 1. The Labute approximate surface area is 204 Å². The molecule has 3 aromatic rings. The number of aryl methyl sites for hydroxylation is 1. The van der Waals surface area contributed by atoms with Gasteiger partial charge in [0, 0.05) is 24.8 Å². The molecule has 1 aromatic heterocycles. The normalized spacial score (nSPS) is 17.6. The summed E-state index contributed by atoms with van der Waals surface area (Å²) < 4.78 is 49.0.